The van der Waals surface area contributed by atoms with Gasteiger partial charge in [0.2, 0.25) is 10.0 Å². The molecule has 0 saturated heterocycles. The van der Waals surface area contributed by atoms with Crippen molar-refractivity contribution in [3.05, 3.63) is 29.8 Å². The number of nitrogens with zero attached hydrogens (tertiary/aromatic N) is 1. The number of carbonyl (C=O) groups is 1. The van der Waals surface area contributed by atoms with Crippen molar-refractivity contribution in [1.82, 2.24) is 4.31 Å². The molecule has 114 valence electrons. The monoisotopic (exact) mass is 307 g/mol. The van der Waals surface area contributed by atoms with E-state index in [1.165, 1.54) is 4.31 Å². The van der Waals surface area contributed by atoms with Gasteiger partial charge in [0.25, 0.3) is 0 Å². The summed E-state index contributed by atoms with van der Waals surface area (Å²) in [5.74, 6) is 0.425. The largest absolute Gasteiger partial charge is 0.298 e. The lowest BCUT2D eigenvalue weighted by atomic mass is 9.61. The maximum Gasteiger partial charge on any atom is 0.243 e. The van der Waals surface area contributed by atoms with Crippen LogP contribution in [-0.4, -0.2) is 31.6 Å². The third kappa shape index (κ3) is 2.32. The van der Waals surface area contributed by atoms with E-state index < -0.39 is 16.1 Å². The first-order chi connectivity index (χ1) is 9.93. The predicted octanol–water partition coefficient (Wildman–Crippen LogP) is 2.37. The Bertz CT molecular complexity index is 651. The average Bonchev–Trinajstić information content (AvgIpc) is 2.47. The first kappa shape index (κ1) is 14.7. The molecular formula is C16H21NO3S. The van der Waals surface area contributed by atoms with Gasteiger partial charge in [-0.05, 0) is 37.8 Å². The maximum absolute atomic E-state index is 12.7. The molecule has 3 rings (SSSR count). The summed E-state index contributed by atoms with van der Waals surface area (Å²) in [6, 6.07) is 6.34. The van der Waals surface area contributed by atoms with E-state index in [2.05, 4.69) is 0 Å². The number of Topliss-reactive ketones (excluding diaryl/α,β-unsaturated/α-hetero) is 1. The minimum atomic E-state index is -3.59. The Labute approximate surface area is 126 Å². The quantitative estimate of drug-likeness (QED) is 0.861. The Morgan fingerprint density at radius 1 is 1.10 bits per heavy atom. The summed E-state index contributed by atoms with van der Waals surface area (Å²) in [5, 5.41) is 0. The molecule has 0 aromatic heterocycles. The lowest BCUT2D eigenvalue weighted by molar-refractivity contribution is -0.144. The van der Waals surface area contributed by atoms with E-state index in [0.29, 0.717) is 0 Å². The van der Waals surface area contributed by atoms with Gasteiger partial charge in [0.1, 0.15) is 0 Å². The lowest BCUT2D eigenvalue weighted by Crippen LogP contribution is -2.61. The topological polar surface area (TPSA) is 54.5 Å². The molecule has 2 saturated carbocycles. The molecular weight excluding hydrogens is 286 g/mol. The molecule has 1 aromatic rings. The van der Waals surface area contributed by atoms with Crippen LogP contribution in [-0.2, 0) is 14.8 Å². The average molecular weight is 307 g/mol. The summed E-state index contributed by atoms with van der Waals surface area (Å²) in [6.45, 7) is 1.92. The van der Waals surface area contributed by atoms with Crippen LogP contribution in [0.4, 0.5) is 0 Å². The Morgan fingerprint density at radius 3 is 2.38 bits per heavy atom. The van der Waals surface area contributed by atoms with Crippen LogP contribution in [0.5, 0.6) is 0 Å². The second-order valence-electron chi connectivity index (χ2n) is 6.24. The van der Waals surface area contributed by atoms with Crippen LogP contribution in [0.3, 0.4) is 0 Å². The highest BCUT2D eigenvalue weighted by Gasteiger charge is 2.54. The fourth-order valence-electron chi connectivity index (χ4n) is 3.68. The lowest BCUT2D eigenvalue weighted by Gasteiger charge is -2.49. The number of carbonyl (C=O) groups excluding carboxylic acids is 1. The van der Waals surface area contributed by atoms with Crippen molar-refractivity contribution in [2.75, 3.05) is 7.05 Å². The number of hydrogen-bond acceptors (Lipinski definition) is 3. The van der Waals surface area contributed by atoms with Crippen molar-refractivity contribution in [1.29, 1.82) is 0 Å². The van der Waals surface area contributed by atoms with Gasteiger partial charge < -0.3 is 0 Å². The van der Waals surface area contributed by atoms with E-state index in [9.17, 15) is 13.2 Å². The molecule has 0 amide bonds. The highest BCUT2D eigenvalue weighted by Crippen LogP contribution is 2.45. The van der Waals surface area contributed by atoms with Gasteiger partial charge in [-0.15, -0.1) is 0 Å². The number of fused-ring (bicyclic) bond motifs is 1. The van der Waals surface area contributed by atoms with Crippen molar-refractivity contribution < 1.29 is 13.2 Å². The van der Waals surface area contributed by atoms with Gasteiger partial charge >= 0.3 is 0 Å². The highest BCUT2D eigenvalue weighted by molar-refractivity contribution is 7.89. The molecule has 2 aliphatic rings. The third-order valence-corrected chi connectivity index (χ3v) is 6.82. The van der Waals surface area contributed by atoms with Crippen LogP contribution in [0.15, 0.2) is 29.2 Å². The van der Waals surface area contributed by atoms with Gasteiger partial charge in [0.05, 0.1) is 10.9 Å². The zero-order chi connectivity index (χ0) is 15.2. The van der Waals surface area contributed by atoms with E-state index in [4.69, 9.17) is 0 Å². The number of ketones is 1. The second kappa shape index (κ2) is 5.21. The summed E-state index contributed by atoms with van der Waals surface area (Å²) in [4.78, 5) is 12.5. The third-order valence-electron chi connectivity index (χ3n) is 4.97. The normalized spacial score (nSPS) is 29.1. The van der Waals surface area contributed by atoms with Crippen molar-refractivity contribution in [3.63, 3.8) is 0 Å². The molecule has 4 nitrogen and oxygen atoms in total. The van der Waals surface area contributed by atoms with Crippen LogP contribution in [0.25, 0.3) is 0 Å². The van der Waals surface area contributed by atoms with Crippen molar-refractivity contribution in [2.24, 2.45) is 11.8 Å². The molecule has 0 spiro atoms. The highest BCUT2D eigenvalue weighted by atomic mass is 32.2. The van der Waals surface area contributed by atoms with E-state index >= 15 is 0 Å². The maximum atomic E-state index is 12.7. The van der Waals surface area contributed by atoms with Gasteiger partial charge in [-0.25, -0.2) is 8.42 Å². The molecule has 2 fully saturated rings. The van der Waals surface area contributed by atoms with Crippen LogP contribution >= 0.6 is 0 Å². The zero-order valence-electron chi connectivity index (χ0n) is 12.5. The molecule has 21 heavy (non-hydrogen) atoms. The minimum Gasteiger partial charge on any atom is -0.298 e. The number of rotatable bonds is 3. The number of aryl methyl sites for hydroxylation is 1. The summed E-state index contributed by atoms with van der Waals surface area (Å²) in [7, 11) is -2.04. The zero-order valence-corrected chi connectivity index (χ0v) is 13.3. The van der Waals surface area contributed by atoms with Gasteiger partial charge in [0.15, 0.2) is 5.78 Å². The smallest absolute Gasteiger partial charge is 0.243 e. The Kier molecular flexibility index (Phi) is 3.66. The molecule has 1 aromatic carbocycles. The Morgan fingerprint density at radius 2 is 1.71 bits per heavy atom. The molecule has 0 heterocycles. The summed E-state index contributed by atoms with van der Waals surface area (Å²) in [5.41, 5.74) is 1.02. The van der Waals surface area contributed by atoms with Crippen molar-refractivity contribution >= 4 is 15.8 Å². The molecule has 0 unspecified atom stereocenters. The molecule has 0 aliphatic heterocycles. The van der Waals surface area contributed by atoms with E-state index in [-0.39, 0.29) is 22.5 Å². The summed E-state index contributed by atoms with van der Waals surface area (Å²) >= 11 is 0. The fraction of sp³-hybridized carbons (Fsp3) is 0.562. The van der Waals surface area contributed by atoms with Crippen LogP contribution in [0.1, 0.15) is 31.2 Å². The molecule has 0 N–H and O–H groups in total. The van der Waals surface area contributed by atoms with Gasteiger partial charge in [0, 0.05) is 13.0 Å². The van der Waals surface area contributed by atoms with Crippen molar-refractivity contribution in [2.45, 2.75) is 43.5 Å². The summed E-state index contributed by atoms with van der Waals surface area (Å²) < 4.78 is 26.6. The molecule has 5 heteroatoms. The number of likely N-dealkylation sites (N-methyl/N-ethyl adjacent to an activating group) is 1. The standard InChI is InChI=1S/C16H21NO3S/c1-11-7-9-12(10-8-11)21(19,20)17(2)15-13-5-3-4-6-14(13)16(15)18/h7-10,13-15H,3-6H2,1-2H3/t13-,14-,15-/m0/s1. The molecule has 2 aliphatic carbocycles. The van der Waals surface area contributed by atoms with Crippen LogP contribution < -0.4 is 0 Å². The SMILES string of the molecule is Cc1ccc(S(=O)(=O)N(C)[C@@H]2C(=O)[C@H]3CCCC[C@@H]32)cc1. The van der Waals surface area contributed by atoms with Crippen LogP contribution in [0, 0.1) is 18.8 Å². The second-order valence-corrected chi connectivity index (χ2v) is 8.23. The van der Waals surface area contributed by atoms with Gasteiger partial charge in [-0.2, -0.15) is 4.31 Å². The number of hydrogen-bond donors (Lipinski definition) is 0. The first-order valence-electron chi connectivity index (χ1n) is 7.51. The number of benzene rings is 1. The fourth-order valence-corrected chi connectivity index (χ4v) is 5.05. The van der Waals surface area contributed by atoms with Gasteiger partial charge in [-0.1, -0.05) is 30.5 Å². The molecule has 0 radical (unpaired) electrons. The van der Waals surface area contributed by atoms with E-state index in [0.717, 1.165) is 31.2 Å². The Balaban J connectivity index is 1.86. The predicted molar refractivity (Wildman–Crippen MR) is 80.4 cm³/mol. The van der Waals surface area contributed by atoms with Crippen molar-refractivity contribution in [3.8, 4) is 0 Å². The van der Waals surface area contributed by atoms with E-state index in [1.54, 1.807) is 31.3 Å². The van der Waals surface area contributed by atoms with Gasteiger partial charge in [-0.3, -0.25) is 4.79 Å². The molecule has 3 atom stereocenters. The Hall–Kier alpha value is -1.20. The minimum absolute atomic E-state index is 0.0967. The van der Waals surface area contributed by atoms with Crippen LogP contribution in [0.2, 0.25) is 0 Å². The van der Waals surface area contributed by atoms with E-state index in [1.807, 2.05) is 6.92 Å². The first-order valence-corrected chi connectivity index (χ1v) is 8.95. The molecule has 0 bridgehead atoms. The number of sulfonamides is 1. The summed E-state index contributed by atoms with van der Waals surface area (Å²) in [6.07, 6.45) is 4.09.